The number of rotatable bonds is 4. The van der Waals surface area contributed by atoms with Crippen molar-refractivity contribution in [3.63, 3.8) is 0 Å². The second-order valence-electron chi connectivity index (χ2n) is 6.24. The second kappa shape index (κ2) is 6.76. The molecule has 0 unspecified atom stereocenters. The molecule has 27 heavy (non-hydrogen) atoms. The van der Waals surface area contributed by atoms with Crippen LogP contribution in [0.2, 0.25) is 0 Å². The summed E-state index contributed by atoms with van der Waals surface area (Å²) < 4.78 is 1.69. The van der Waals surface area contributed by atoms with Gasteiger partial charge in [0.25, 0.3) is 0 Å². The number of benzene rings is 1. The van der Waals surface area contributed by atoms with Gasteiger partial charge in [-0.1, -0.05) is 18.2 Å². The Bertz CT molecular complexity index is 1170. The fourth-order valence-electron chi connectivity index (χ4n) is 3.39. The van der Waals surface area contributed by atoms with Crippen molar-refractivity contribution in [2.75, 3.05) is 0 Å². The van der Waals surface area contributed by atoms with Crippen molar-refractivity contribution in [1.82, 2.24) is 24.7 Å². The van der Waals surface area contributed by atoms with Crippen LogP contribution < -0.4 is 0 Å². The molecule has 3 aromatic heterocycles. The number of nitrogens with zero attached hydrogens (tertiary/aromatic N) is 6. The topological polar surface area (TPSA) is 80.3 Å². The van der Waals surface area contributed by atoms with E-state index in [4.69, 9.17) is 9.97 Å². The van der Waals surface area contributed by atoms with Gasteiger partial charge >= 0.3 is 0 Å². The SMILES string of the molecule is N#Cc1nncn1-c1nc(CSc2ccccc2)nc2sc3c(c12)CCC3. The molecule has 1 aliphatic carbocycles. The number of nitriles is 1. The molecule has 3 heterocycles. The molecule has 0 radical (unpaired) electrons. The molecule has 0 amide bonds. The molecular formula is C19H14N6S2. The van der Waals surface area contributed by atoms with Crippen LogP contribution in [0, 0.1) is 11.3 Å². The van der Waals surface area contributed by atoms with Crippen molar-refractivity contribution in [2.45, 2.75) is 29.9 Å². The highest BCUT2D eigenvalue weighted by molar-refractivity contribution is 7.98. The Balaban J connectivity index is 1.63. The Hall–Kier alpha value is -2.76. The number of hydrogen-bond donors (Lipinski definition) is 0. The summed E-state index contributed by atoms with van der Waals surface area (Å²) in [6.07, 6.45) is 4.86. The molecule has 0 fully saturated rings. The summed E-state index contributed by atoms with van der Waals surface area (Å²) in [4.78, 5) is 13.2. The van der Waals surface area contributed by atoms with E-state index in [0.29, 0.717) is 5.75 Å². The van der Waals surface area contributed by atoms with E-state index in [9.17, 15) is 5.26 Å². The zero-order valence-electron chi connectivity index (χ0n) is 14.3. The third-order valence-corrected chi connectivity index (χ3v) is 6.77. The lowest BCUT2D eigenvalue weighted by molar-refractivity contribution is 0.910. The molecule has 0 atom stereocenters. The summed E-state index contributed by atoms with van der Waals surface area (Å²) in [5, 5.41) is 18.3. The molecule has 5 rings (SSSR count). The lowest BCUT2D eigenvalue weighted by Gasteiger charge is -2.08. The van der Waals surface area contributed by atoms with E-state index in [-0.39, 0.29) is 5.82 Å². The van der Waals surface area contributed by atoms with Crippen LogP contribution in [0.5, 0.6) is 0 Å². The minimum atomic E-state index is 0.245. The number of aromatic nitrogens is 5. The van der Waals surface area contributed by atoms with Crippen LogP contribution in [0.1, 0.15) is 28.5 Å². The first kappa shape index (κ1) is 16.4. The monoisotopic (exact) mass is 390 g/mol. The Morgan fingerprint density at radius 1 is 1.19 bits per heavy atom. The van der Waals surface area contributed by atoms with Crippen LogP contribution in [0.3, 0.4) is 0 Å². The maximum absolute atomic E-state index is 9.39. The molecular weight excluding hydrogens is 376 g/mol. The highest BCUT2D eigenvalue weighted by atomic mass is 32.2. The second-order valence-corrected chi connectivity index (χ2v) is 8.37. The van der Waals surface area contributed by atoms with Crippen molar-refractivity contribution >= 4 is 33.3 Å². The first-order chi connectivity index (χ1) is 13.3. The Labute approximate surface area is 163 Å². The van der Waals surface area contributed by atoms with Crippen molar-refractivity contribution in [2.24, 2.45) is 0 Å². The average molecular weight is 390 g/mol. The molecule has 0 aliphatic heterocycles. The molecule has 8 heteroatoms. The maximum atomic E-state index is 9.39. The zero-order chi connectivity index (χ0) is 18.2. The number of aryl methyl sites for hydroxylation is 2. The van der Waals surface area contributed by atoms with Crippen LogP contribution >= 0.6 is 23.1 Å². The maximum Gasteiger partial charge on any atom is 0.240 e. The van der Waals surface area contributed by atoms with Gasteiger partial charge in [0.15, 0.2) is 5.82 Å². The largest absolute Gasteiger partial charge is 0.256 e. The normalized spacial score (nSPS) is 13.0. The molecule has 1 aliphatic rings. The number of hydrogen-bond acceptors (Lipinski definition) is 7. The van der Waals surface area contributed by atoms with E-state index in [2.05, 4.69) is 28.4 Å². The summed E-state index contributed by atoms with van der Waals surface area (Å²) in [7, 11) is 0. The van der Waals surface area contributed by atoms with Crippen molar-refractivity contribution in [1.29, 1.82) is 5.26 Å². The van der Waals surface area contributed by atoms with E-state index in [0.717, 1.165) is 41.1 Å². The fourth-order valence-corrected chi connectivity index (χ4v) is 5.44. The Morgan fingerprint density at radius 2 is 2.07 bits per heavy atom. The van der Waals surface area contributed by atoms with Crippen LogP contribution in [0.15, 0.2) is 41.6 Å². The van der Waals surface area contributed by atoms with Crippen LogP contribution in [-0.2, 0) is 18.6 Å². The fraction of sp³-hybridized carbons (Fsp3) is 0.211. The minimum absolute atomic E-state index is 0.245. The number of fused-ring (bicyclic) bond motifs is 3. The first-order valence-electron chi connectivity index (χ1n) is 8.63. The van der Waals surface area contributed by atoms with Crippen molar-refractivity contribution < 1.29 is 0 Å². The van der Waals surface area contributed by atoms with Crippen molar-refractivity contribution in [3.05, 3.63) is 58.7 Å². The lowest BCUT2D eigenvalue weighted by Crippen LogP contribution is -2.05. The van der Waals surface area contributed by atoms with Gasteiger partial charge in [0.05, 0.1) is 11.1 Å². The quantitative estimate of drug-likeness (QED) is 0.491. The molecule has 0 saturated heterocycles. The van der Waals surface area contributed by atoms with E-state index >= 15 is 0 Å². The molecule has 0 spiro atoms. The van der Waals surface area contributed by atoms with Gasteiger partial charge in [-0.2, -0.15) is 5.26 Å². The lowest BCUT2D eigenvalue weighted by atomic mass is 10.2. The average Bonchev–Trinajstić information content (AvgIpc) is 3.41. The molecule has 0 saturated carbocycles. The van der Waals surface area contributed by atoms with Gasteiger partial charge in [0.1, 0.15) is 23.1 Å². The summed E-state index contributed by atoms with van der Waals surface area (Å²) in [5.41, 5.74) is 1.32. The van der Waals surface area contributed by atoms with E-state index in [1.807, 2.05) is 18.2 Å². The number of thioether (sulfide) groups is 1. The minimum Gasteiger partial charge on any atom is -0.256 e. The van der Waals surface area contributed by atoms with E-state index in [1.54, 1.807) is 34.0 Å². The molecule has 0 bridgehead atoms. The van der Waals surface area contributed by atoms with Crippen LogP contribution in [0.4, 0.5) is 0 Å². The van der Waals surface area contributed by atoms with Crippen LogP contribution in [0.25, 0.3) is 16.0 Å². The third-order valence-electron chi connectivity index (χ3n) is 4.58. The summed E-state index contributed by atoms with van der Waals surface area (Å²) in [5.74, 6) is 2.39. The summed E-state index contributed by atoms with van der Waals surface area (Å²) in [6, 6.07) is 12.3. The van der Waals surface area contributed by atoms with Gasteiger partial charge in [-0.3, -0.25) is 4.57 Å². The van der Waals surface area contributed by atoms with Gasteiger partial charge in [-0.25, -0.2) is 9.97 Å². The van der Waals surface area contributed by atoms with Gasteiger partial charge in [-0.05, 0) is 37.0 Å². The molecule has 1 aromatic carbocycles. The molecule has 132 valence electrons. The molecule has 4 aromatic rings. The smallest absolute Gasteiger partial charge is 0.240 e. The predicted molar refractivity (Wildman–Crippen MR) is 105 cm³/mol. The third kappa shape index (κ3) is 2.89. The van der Waals surface area contributed by atoms with Crippen molar-refractivity contribution in [3.8, 4) is 11.9 Å². The number of thiophene rings is 1. The van der Waals surface area contributed by atoms with Gasteiger partial charge in [-0.15, -0.1) is 33.3 Å². The van der Waals surface area contributed by atoms with Gasteiger partial charge in [0, 0.05) is 9.77 Å². The van der Waals surface area contributed by atoms with Gasteiger partial charge < -0.3 is 0 Å². The Kier molecular flexibility index (Phi) is 4.11. The zero-order valence-corrected chi connectivity index (χ0v) is 15.9. The van der Waals surface area contributed by atoms with E-state index in [1.165, 1.54) is 15.3 Å². The molecule has 6 nitrogen and oxygen atoms in total. The Morgan fingerprint density at radius 3 is 2.93 bits per heavy atom. The highest BCUT2D eigenvalue weighted by Crippen LogP contribution is 2.39. The molecule has 0 N–H and O–H groups in total. The summed E-state index contributed by atoms with van der Waals surface area (Å²) >= 11 is 3.45. The highest BCUT2D eigenvalue weighted by Gasteiger charge is 2.24. The van der Waals surface area contributed by atoms with E-state index < -0.39 is 0 Å². The van der Waals surface area contributed by atoms with Crippen LogP contribution in [-0.4, -0.2) is 24.7 Å². The van der Waals surface area contributed by atoms with Gasteiger partial charge in [0.2, 0.25) is 5.82 Å². The first-order valence-corrected chi connectivity index (χ1v) is 10.4. The summed E-state index contributed by atoms with van der Waals surface area (Å²) in [6.45, 7) is 0. The standard InChI is InChI=1S/C19H14N6S2/c20-9-16-24-21-11-25(16)18-17-13-7-4-8-14(13)27-19(17)23-15(22-18)10-26-12-5-2-1-3-6-12/h1-3,5-6,11H,4,7-8,10H2. The predicted octanol–water partition coefficient (Wildman–Crippen LogP) is 3.92.